The van der Waals surface area contributed by atoms with Crippen molar-refractivity contribution in [1.82, 2.24) is 9.78 Å². The van der Waals surface area contributed by atoms with Gasteiger partial charge in [-0.05, 0) is 24.1 Å². The first kappa shape index (κ1) is 23.5. The second-order valence-electron chi connectivity index (χ2n) is 7.50. The van der Waals surface area contributed by atoms with Gasteiger partial charge >= 0.3 is 12.1 Å². The summed E-state index contributed by atoms with van der Waals surface area (Å²) in [5.41, 5.74) is -2.51. The van der Waals surface area contributed by atoms with Gasteiger partial charge in [0.2, 0.25) is 0 Å². The van der Waals surface area contributed by atoms with Crippen LogP contribution in [-0.2, 0) is 17.5 Å². The lowest BCUT2D eigenvalue weighted by Crippen LogP contribution is -2.37. The van der Waals surface area contributed by atoms with Crippen molar-refractivity contribution in [2.75, 3.05) is 18.6 Å². The van der Waals surface area contributed by atoms with Crippen molar-refractivity contribution < 1.29 is 36.6 Å². The number of carbonyl (C=O) groups is 1. The normalized spacial score (nSPS) is 18.1. The van der Waals surface area contributed by atoms with Gasteiger partial charge in [0.25, 0.3) is 11.5 Å². The van der Waals surface area contributed by atoms with Crippen LogP contribution in [0.5, 0.6) is 5.75 Å². The minimum Gasteiger partial charge on any atom is -0.497 e. The summed E-state index contributed by atoms with van der Waals surface area (Å²) in [7, 11) is 1.44. The number of hydrogen-bond donors (Lipinski definition) is 1. The molecule has 0 spiro atoms. The molecule has 0 aliphatic carbocycles. The van der Waals surface area contributed by atoms with Gasteiger partial charge in [0.15, 0.2) is 0 Å². The molecule has 1 aliphatic heterocycles. The second-order valence-corrected chi connectivity index (χ2v) is 7.50. The molecule has 1 fully saturated rings. The molecule has 12 heteroatoms. The summed E-state index contributed by atoms with van der Waals surface area (Å²) >= 11 is 0. The zero-order valence-corrected chi connectivity index (χ0v) is 16.9. The molecule has 0 radical (unpaired) electrons. The van der Waals surface area contributed by atoms with E-state index in [-0.39, 0.29) is 13.0 Å². The van der Waals surface area contributed by atoms with E-state index in [0.29, 0.717) is 22.1 Å². The zero-order valence-electron chi connectivity index (χ0n) is 16.9. The molecule has 3 rings (SSSR count). The van der Waals surface area contributed by atoms with Crippen LogP contribution in [-0.4, -0.2) is 46.5 Å². The molecule has 1 atom stereocenters. The highest BCUT2D eigenvalue weighted by atomic mass is 19.4. The van der Waals surface area contributed by atoms with Gasteiger partial charge in [0.1, 0.15) is 17.1 Å². The Morgan fingerprint density at radius 3 is 2.50 bits per heavy atom. The molecule has 1 aliphatic rings. The molecule has 2 heterocycles. The molecule has 1 aromatic heterocycles. The van der Waals surface area contributed by atoms with Crippen molar-refractivity contribution >= 4 is 11.8 Å². The van der Waals surface area contributed by atoms with E-state index in [1.807, 2.05) is 0 Å². The third-order valence-corrected chi connectivity index (χ3v) is 5.12. The highest BCUT2D eigenvalue weighted by molar-refractivity contribution is 5.66. The molecule has 1 N–H and O–H groups in total. The van der Waals surface area contributed by atoms with E-state index in [4.69, 9.17) is 9.84 Å². The number of halogens is 5. The number of benzene rings is 1. The fourth-order valence-electron chi connectivity index (χ4n) is 3.60. The van der Waals surface area contributed by atoms with E-state index in [1.165, 1.54) is 19.2 Å². The Balaban J connectivity index is 2.03. The predicted molar refractivity (Wildman–Crippen MR) is 103 cm³/mol. The zero-order chi connectivity index (χ0) is 23.7. The van der Waals surface area contributed by atoms with E-state index in [1.54, 1.807) is 12.1 Å². The largest absolute Gasteiger partial charge is 0.497 e. The lowest BCUT2D eigenvalue weighted by Gasteiger charge is -2.26. The first-order chi connectivity index (χ1) is 14.9. The van der Waals surface area contributed by atoms with Crippen LogP contribution in [0.25, 0.3) is 0 Å². The van der Waals surface area contributed by atoms with Crippen LogP contribution < -0.4 is 15.2 Å². The average molecular weight is 461 g/mol. The number of anilines is 1. The Morgan fingerprint density at radius 2 is 1.94 bits per heavy atom. The van der Waals surface area contributed by atoms with Crippen molar-refractivity contribution in [2.24, 2.45) is 0 Å². The second kappa shape index (κ2) is 8.75. The molecule has 32 heavy (non-hydrogen) atoms. The third kappa shape index (κ3) is 5.35. The standard InChI is InChI=1S/C20H20F5N3O4/c1-32-14-5-2-12(3-6-14)10-28-18(31)15(20(23,24)25)8-16(26-28)27-11-19(21,22)9-13(27)4-7-17(29)30/h2-3,5-6,8,13H,4,7,9-11H2,1H3,(H,29,30)/t13-/m1/s1. The molecular formula is C20H20F5N3O4. The summed E-state index contributed by atoms with van der Waals surface area (Å²) < 4.78 is 74.3. The van der Waals surface area contributed by atoms with Crippen LogP contribution in [0.1, 0.15) is 30.4 Å². The minimum absolute atomic E-state index is 0.203. The monoisotopic (exact) mass is 461 g/mol. The summed E-state index contributed by atoms with van der Waals surface area (Å²) in [6, 6.07) is 5.58. The van der Waals surface area contributed by atoms with Gasteiger partial charge < -0.3 is 14.7 Å². The molecule has 174 valence electrons. The van der Waals surface area contributed by atoms with Crippen LogP contribution in [0.3, 0.4) is 0 Å². The van der Waals surface area contributed by atoms with Gasteiger partial charge in [-0.25, -0.2) is 13.5 Å². The number of hydrogen-bond acceptors (Lipinski definition) is 5. The van der Waals surface area contributed by atoms with Gasteiger partial charge in [-0.1, -0.05) is 12.1 Å². The van der Waals surface area contributed by atoms with Gasteiger partial charge in [0.05, 0.1) is 20.2 Å². The quantitative estimate of drug-likeness (QED) is 0.637. The van der Waals surface area contributed by atoms with E-state index in [9.17, 15) is 31.5 Å². The first-order valence-corrected chi connectivity index (χ1v) is 9.58. The third-order valence-electron chi connectivity index (χ3n) is 5.12. The van der Waals surface area contributed by atoms with Gasteiger partial charge in [-0.3, -0.25) is 9.59 Å². The van der Waals surface area contributed by atoms with Gasteiger partial charge in [0, 0.05) is 24.9 Å². The van der Waals surface area contributed by atoms with Crippen molar-refractivity contribution in [1.29, 1.82) is 0 Å². The van der Waals surface area contributed by atoms with Crippen molar-refractivity contribution in [3.8, 4) is 5.75 Å². The van der Waals surface area contributed by atoms with Crippen LogP contribution in [0.15, 0.2) is 35.1 Å². The van der Waals surface area contributed by atoms with Gasteiger partial charge in [-0.15, -0.1) is 0 Å². The molecule has 2 aromatic rings. The molecular weight excluding hydrogens is 441 g/mol. The molecule has 0 amide bonds. The highest BCUT2D eigenvalue weighted by Gasteiger charge is 2.46. The molecule has 0 saturated carbocycles. The Morgan fingerprint density at radius 1 is 1.28 bits per heavy atom. The van der Waals surface area contributed by atoms with Crippen LogP contribution in [0, 0.1) is 0 Å². The molecule has 1 saturated heterocycles. The summed E-state index contributed by atoms with van der Waals surface area (Å²) in [5.74, 6) is -4.41. The minimum atomic E-state index is -5.03. The highest BCUT2D eigenvalue weighted by Crippen LogP contribution is 2.38. The number of ether oxygens (including phenoxy) is 1. The summed E-state index contributed by atoms with van der Waals surface area (Å²) in [4.78, 5) is 24.3. The maximum absolute atomic E-state index is 14.1. The van der Waals surface area contributed by atoms with E-state index in [2.05, 4.69) is 5.10 Å². The number of nitrogens with zero attached hydrogens (tertiary/aromatic N) is 3. The number of methoxy groups -OCH3 is 1. The summed E-state index contributed by atoms with van der Waals surface area (Å²) in [5, 5.41) is 12.8. The lowest BCUT2D eigenvalue weighted by molar-refractivity contribution is -0.139. The molecule has 0 unspecified atom stereocenters. The van der Waals surface area contributed by atoms with E-state index >= 15 is 0 Å². The molecule has 0 bridgehead atoms. The molecule has 7 nitrogen and oxygen atoms in total. The summed E-state index contributed by atoms with van der Waals surface area (Å²) in [6.45, 7) is -1.26. The van der Waals surface area contributed by atoms with E-state index < -0.39 is 60.4 Å². The number of carboxylic acids is 1. The average Bonchev–Trinajstić information content (AvgIpc) is 3.02. The van der Waals surface area contributed by atoms with Crippen LogP contribution in [0.2, 0.25) is 0 Å². The fourth-order valence-corrected chi connectivity index (χ4v) is 3.60. The number of rotatable bonds is 7. The maximum Gasteiger partial charge on any atom is 0.421 e. The SMILES string of the molecule is COc1ccc(Cn2nc(N3CC(F)(F)C[C@H]3CCC(=O)O)cc(C(F)(F)F)c2=O)cc1. The Bertz CT molecular complexity index is 1040. The predicted octanol–water partition coefficient (Wildman–Crippen LogP) is 3.40. The Labute approximate surface area is 179 Å². The number of aliphatic carboxylic acids is 1. The number of alkyl halides is 5. The van der Waals surface area contributed by atoms with Crippen LogP contribution >= 0.6 is 0 Å². The number of carboxylic acid groups (broad SMARTS) is 1. The van der Waals surface area contributed by atoms with Crippen molar-refractivity contribution in [2.45, 2.75) is 43.9 Å². The number of aromatic nitrogens is 2. The van der Waals surface area contributed by atoms with Crippen molar-refractivity contribution in [3.05, 3.63) is 51.8 Å². The smallest absolute Gasteiger partial charge is 0.421 e. The topological polar surface area (TPSA) is 84.7 Å². The van der Waals surface area contributed by atoms with Gasteiger partial charge in [-0.2, -0.15) is 18.3 Å². The Hall–Kier alpha value is -3.18. The Kier molecular flexibility index (Phi) is 6.42. The molecule has 1 aromatic carbocycles. The van der Waals surface area contributed by atoms with Crippen molar-refractivity contribution in [3.63, 3.8) is 0 Å². The maximum atomic E-state index is 14.1. The first-order valence-electron chi connectivity index (χ1n) is 9.58. The fraction of sp³-hybridized carbons (Fsp3) is 0.450. The lowest BCUT2D eigenvalue weighted by atomic mass is 10.1. The van der Waals surface area contributed by atoms with Crippen LogP contribution in [0.4, 0.5) is 27.8 Å². The summed E-state index contributed by atoms with van der Waals surface area (Å²) in [6.07, 6.45) is -6.39. The van der Waals surface area contributed by atoms with E-state index in [0.717, 1.165) is 4.90 Å².